The van der Waals surface area contributed by atoms with E-state index in [2.05, 4.69) is 0 Å². The Kier molecular flexibility index (Phi) is 3.06. The van der Waals surface area contributed by atoms with Crippen LogP contribution in [0, 0.1) is 0 Å². The molecule has 2 unspecified atom stereocenters. The van der Waals surface area contributed by atoms with Crippen LogP contribution in [0.1, 0.15) is 12.5 Å². The zero-order valence-corrected chi connectivity index (χ0v) is 11.2. The van der Waals surface area contributed by atoms with Gasteiger partial charge in [0.2, 0.25) is 5.72 Å². The monoisotopic (exact) mass is 317 g/mol. The van der Waals surface area contributed by atoms with E-state index in [9.17, 15) is 22.8 Å². The molecule has 0 bridgehead atoms. The first kappa shape index (κ1) is 14.6. The molecule has 0 N–H and O–H groups in total. The van der Waals surface area contributed by atoms with Crippen molar-refractivity contribution in [2.45, 2.75) is 24.9 Å². The molecule has 2 atom stereocenters. The molecule has 2 aliphatic rings. The second-order valence-corrected chi connectivity index (χ2v) is 5.02. The van der Waals surface area contributed by atoms with Crippen LogP contribution < -0.4 is 4.74 Å². The second kappa shape index (κ2) is 4.60. The Morgan fingerprint density at radius 2 is 2.05 bits per heavy atom. The number of benzene rings is 1. The molecule has 2 fully saturated rings. The molecule has 2 aliphatic heterocycles. The summed E-state index contributed by atoms with van der Waals surface area (Å²) in [6.07, 6.45) is -5.24. The van der Waals surface area contributed by atoms with Crippen LogP contribution in [0.2, 0.25) is 0 Å². The Morgan fingerprint density at radius 1 is 1.32 bits per heavy atom. The second-order valence-electron chi connectivity index (χ2n) is 5.02. The molecule has 0 radical (unpaired) electrons. The Labute approximate surface area is 122 Å². The average Bonchev–Trinajstić information content (AvgIpc) is 2.44. The molecule has 2 heterocycles. The maximum Gasteiger partial charge on any atom is 0.436 e. The van der Waals surface area contributed by atoms with Gasteiger partial charge in [-0.2, -0.15) is 13.2 Å². The van der Waals surface area contributed by atoms with Crippen molar-refractivity contribution in [2.24, 2.45) is 0 Å². The number of carbonyl (C=O) groups is 2. The molecule has 0 aromatic heterocycles. The minimum absolute atomic E-state index is 0.0198. The first-order valence-electron chi connectivity index (χ1n) is 6.27. The summed E-state index contributed by atoms with van der Waals surface area (Å²) in [5.74, 6) is -2.33. The number of esters is 1. The topological polar surface area (TPSA) is 65.1 Å². The van der Waals surface area contributed by atoms with Gasteiger partial charge in [0.05, 0.1) is 12.1 Å². The van der Waals surface area contributed by atoms with E-state index in [4.69, 9.17) is 14.3 Å². The van der Waals surface area contributed by atoms with E-state index in [-0.39, 0.29) is 12.3 Å². The van der Waals surface area contributed by atoms with Crippen LogP contribution >= 0.6 is 0 Å². The zero-order valence-electron chi connectivity index (χ0n) is 11.2. The molecule has 1 aromatic carbocycles. The van der Waals surface area contributed by atoms with Crippen LogP contribution in [-0.2, 0) is 25.3 Å². The van der Waals surface area contributed by atoms with Gasteiger partial charge in [-0.1, -0.05) is 11.1 Å². The lowest BCUT2D eigenvalue weighted by atomic mass is 9.98. The van der Waals surface area contributed by atoms with Crippen LogP contribution in [0.5, 0.6) is 5.75 Å². The summed E-state index contributed by atoms with van der Waals surface area (Å²) in [6.45, 7) is 1.52. The Bertz CT molecular complexity index is 647. The summed E-state index contributed by atoms with van der Waals surface area (Å²) < 4.78 is 48.3. The van der Waals surface area contributed by atoms with Crippen molar-refractivity contribution in [3.8, 4) is 5.75 Å². The van der Waals surface area contributed by atoms with Crippen LogP contribution in [0.25, 0.3) is 0 Å². The van der Waals surface area contributed by atoms with E-state index in [0.717, 1.165) is 17.2 Å². The summed E-state index contributed by atoms with van der Waals surface area (Å²) in [5, 5.41) is 1.11. The minimum atomic E-state index is -4.48. The van der Waals surface area contributed by atoms with Gasteiger partial charge in [0.15, 0.2) is 6.10 Å². The molecular formula is C13H10F3NO5. The van der Waals surface area contributed by atoms with Crippen LogP contribution in [0.15, 0.2) is 24.3 Å². The Morgan fingerprint density at radius 3 is 2.73 bits per heavy atom. The highest BCUT2D eigenvalue weighted by Gasteiger charge is 2.62. The zero-order chi connectivity index (χ0) is 16.1. The smallest absolute Gasteiger partial charge is 0.436 e. The lowest BCUT2D eigenvalue weighted by molar-refractivity contribution is -0.377. The van der Waals surface area contributed by atoms with Gasteiger partial charge in [-0.05, 0) is 25.1 Å². The molecule has 3 rings (SSSR count). The first-order chi connectivity index (χ1) is 10.2. The van der Waals surface area contributed by atoms with Crippen molar-refractivity contribution in [3.05, 3.63) is 29.8 Å². The van der Waals surface area contributed by atoms with E-state index in [1.807, 2.05) is 0 Å². The first-order valence-corrected chi connectivity index (χ1v) is 6.27. The Balaban J connectivity index is 1.75. The Hall–Kier alpha value is -2.29. The fourth-order valence-corrected chi connectivity index (χ4v) is 2.22. The van der Waals surface area contributed by atoms with Gasteiger partial charge in [-0.15, -0.1) is 0 Å². The van der Waals surface area contributed by atoms with Gasteiger partial charge in [-0.3, -0.25) is 0 Å². The predicted molar refractivity (Wildman–Crippen MR) is 63.2 cm³/mol. The van der Waals surface area contributed by atoms with Crippen molar-refractivity contribution in [2.75, 3.05) is 6.54 Å². The third-order valence-corrected chi connectivity index (χ3v) is 3.52. The number of rotatable bonds is 2. The van der Waals surface area contributed by atoms with E-state index >= 15 is 0 Å². The fourth-order valence-electron chi connectivity index (χ4n) is 2.22. The van der Waals surface area contributed by atoms with Gasteiger partial charge in [-0.25, -0.2) is 9.59 Å². The number of fused-ring (bicyclic) bond motifs is 1. The third kappa shape index (κ3) is 2.27. The standard InChI is InChI=1S/C13H10F3NO5/c1-12-9(6-17(12)22-11(19)10(18)21-12)20-8-4-2-3-7(5-8)13(14,15)16/h2-5,9H,6H2,1H3. The SMILES string of the molecule is CC12OC(=O)C(=O)ON1CC2Oc1cccc(C(F)(F)F)c1. The van der Waals surface area contributed by atoms with E-state index < -0.39 is 35.5 Å². The largest absolute Gasteiger partial charge is 0.483 e. The summed E-state index contributed by atoms with van der Waals surface area (Å²) in [6, 6.07) is 4.34. The van der Waals surface area contributed by atoms with Crippen molar-refractivity contribution < 1.29 is 37.1 Å². The number of hydroxylamine groups is 2. The fraction of sp³-hybridized carbons (Fsp3) is 0.385. The number of carbonyl (C=O) groups excluding carboxylic acids is 2. The lowest BCUT2D eigenvalue weighted by Crippen LogP contribution is -2.75. The van der Waals surface area contributed by atoms with E-state index in [1.165, 1.54) is 19.1 Å². The molecule has 1 aromatic rings. The maximum absolute atomic E-state index is 12.6. The molecule has 0 aliphatic carbocycles. The molecule has 118 valence electrons. The third-order valence-electron chi connectivity index (χ3n) is 3.52. The highest BCUT2D eigenvalue weighted by molar-refractivity contribution is 6.30. The van der Waals surface area contributed by atoms with Crippen LogP contribution in [0.3, 0.4) is 0 Å². The molecular weight excluding hydrogens is 307 g/mol. The van der Waals surface area contributed by atoms with Crippen molar-refractivity contribution in [1.82, 2.24) is 5.06 Å². The molecule has 6 nitrogen and oxygen atoms in total. The molecule has 0 amide bonds. The molecule has 22 heavy (non-hydrogen) atoms. The highest BCUT2D eigenvalue weighted by Crippen LogP contribution is 2.39. The van der Waals surface area contributed by atoms with Gasteiger partial charge in [0.1, 0.15) is 5.75 Å². The van der Waals surface area contributed by atoms with Gasteiger partial charge >= 0.3 is 18.1 Å². The number of ether oxygens (including phenoxy) is 2. The quantitative estimate of drug-likeness (QED) is 0.608. The van der Waals surface area contributed by atoms with Gasteiger partial charge in [0, 0.05) is 0 Å². The summed E-state index contributed by atoms with van der Waals surface area (Å²) in [7, 11) is 0. The number of alkyl halides is 3. The molecule has 9 heteroatoms. The average molecular weight is 317 g/mol. The number of hydrogen-bond acceptors (Lipinski definition) is 6. The normalized spacial score (nSPS) is 28.3. The minimum Gasteiger partial charge on any atom is -0.483 e. The van der Waals surface area contributed by atoms with Crippen molar-refractivity contribution >= 4 is 11.9 Å². The molecule has 0 saturated carbocycles. The van der Waals surface area contributed by atoms with Gasteiger partial charge < -0.3 is 14.3 Å². The lowest BCUT2D eigenvalue weighted by Gasteiger charge is -2.53. The van der Waals surface area contributed by atoms with E-state index in [0.29, 0.717) is 0 Å². The summed E-state index contributed by atoms with van der Waals surface area (Å²) in [5.41, 5.74) is -2.20. The number of nitrogens with zero attached hydrogens (tertiary/aromatic N) is 1. The van der Waals surface area contributed by atoms with Crippen molar-refractivity contribution in [1.29, 1.82) is 0 Å². The number of halogens is 3. The maximum atomic E-state index is 12.6. The van der Waals surface area contributed by atoms with E-state index in [1.54, 1.807) is 0 Å². The number of hydrogen-bond donors (Lipinski definition) is 0. The summed E-state index contributed by atoms with van der Waals surface area (Å²) >= 11 is 0. The summed E-state index contributed by atoms with van der Waals surface area (Å²) in [4.78, 5) is 27.0. The highest BCUT2D eigenvalue weighted by atomic mass is 19.4. The van der Waals surface area contributed by atoms with Crippen molar-refractivity contribution in [3.63, 3.8) is 0 Å². The van der Waals surface area contributed by atoms with Crippen LogP contribution in [0.4, 0.5) is 13.2 Å². The predicted octanol–water partition coefficient (Wildman–Crippen LogP) is 1.50. The van der Waals surface area contributed by atoms with Crippen LogP contribution in [-0.4, -0.2) is 35.4 Å². The molecule has 0 spiro atoms. The van der Waals surface area contributed by atoms with Gasteiger partial charge in [0.25, 0.3) is 0 Å². The molecule has 2 saturated heterocycles.